The van der Waals surface area contributed by atoms with Gasteiger partial charge in [-0.1, -0.05) is 6.92 Å². The zero-order valence-electron chi connectivity index (χ0n) is 12.2. The number of aryl methyl sites for hydroxylation is 1. The van der Waals surface area contributed by atoms with Crippen LogP contribution in [0, 0.1) is 12.8 Å². The highest BCUT2D eigenvalue weighted by Crippen LogP contribution is 2.17. The second-order valence-corrected chi connectivity index (χ2v) is 4.69. The number of ether oxygens (including phenoxy) is 1. The van der Waals surface area contributed by atoms with Gasteiger partial charge in [0, 0.05) is 24.8 Å². The Labute approximate surface area is 117 Å². The summed E-state index contributed by atoms with van der Waals surface area (Å²) in [4.78, 5) is 22.1. The van der Waals surface area contributed by atoms with E-state index in [1.165, 1.54) is 13.4 Å². The number of methoxy groups -OCH3 is 1. The molecule has 0 amide bonds. The third-order valence-corrected chi connectivity index (χ3v) is 3.16. The fourth-order valence-electron chi connectivity index (χ4n) is 2.13. The molecule has 0 spiro atoms. The van der Waals surface area contributed by atoms with Crippen molar-refractivity contribution in [1.29, 1.82) is 0 Å². The summed E-state index contributed by atoms with van der Waals surface area (Å²) in [5, 5.41) is 4.19. The molecule has 2 heterocycles. The lowest BCUT2D eigenvalue weighted by Crippen LogP contribution is -2.33. The molecule has 108 valence electrons. The maximum absolute atomic E-state index is 11.6. The molecule has 2 rings (SSSR count). The van der Waals surface area contributed by atoms with E-state index in [0.29, 0.717) is 12.3 Å². The Hall–Kier alpha value is -2.18. The predicted molar refractivity (Wildman–Crippen MR) is 74.6 cm³/mol. The van der Waals surface area contributed by atoms with Crippen molar-refractivity contribution in [2.24, 2.45) is 5.92 Å². The van der Waals surface area contributed by atoms with Crippen LogP contribution in [-0.2, 0) is 9.53 Å². The van der Waals surface area contributed by atoms with Crippen molar-refractivity contribution in [3.63, 3.8) is 0 Å². The van der Waals surface area contributed by atoms with Crippen LogP contribution in [0.1, 0.15) is 19.5 Å². The van der Waals surface area contributed by atoms with Crippen molar-refractivity contribution in [3.8, 4) is 0 Å². The highest BCUT2D eigenvalue weighted by Gasteiger charge is 2.19. The van der Waals surface area contributed by atoms with E-state index in [-0.39, 0.29) is 11.9 Å². The summed E-state index contributed by atoms with van der Waals surface area (Å²) in [6.45, 7) is 7.10. The Kier molecular flexibility index (Phi) is 4.16. The van der Waals surface area contributed by atoms with Gasteiger partial charge < -0.3 is 9.64 Å². The SMILES string of the molecule is CCN(CC(C)C(=O)OC)c1cc(C)nc2ncnn12. The number of anilines is 1. The Bertz CT molecular complexity index is 610. The zero-order chi connectivity index (χ0) is 14.7. The van der Waals surface area contributed by atoms with Crippen LogP contribution in [0.25, 0.3) is 5.78 Å². The minimum absolute atomic E-state index is 0.216. The van der Waals surface area contributed by atoms with Gasteiger partial charge in [-0.05, 0) is 13.8 Å². The first kappa shape index (κ1) is 14.2. The Morgan fingerprint density at radius 2 is 2.30 bits per heavy atom. The fraction of sp³-hybridized carbons (Fsp3) is 0.538. The van der Waals surface area contributed by atoms with Crippen molar-refractivity contribution in [1.82, 2.24) is 19.6 Å². The average Bonchev–Trinajstić information content (AvgIpc) is 2.90. The number of fused-ring (bicyclic) bond motifs is 1. The summed E-state index contributed by atoms with van der Waals surface area (Å²) in [6, 6.07) is 1.94. The molecule has 1 atom stereocenters. The summed E-state index contributed by atoms with van der Waals surface area (Å²) in [6.07, 6.45) is 1.48. The van der Waals surface area contributed by atoms with Crippen molar-refractivity contribution >= 4 is 17.6 Å². The Morgan fingerprint density at radius 3 is 2.95 bits per heavy atom. The minimum Gasteiger partial charge on any atom is -0.469 e. The molecule has 0 saturated carbocycles. The van der Waals surface area contributed by atoms with Crippen molar-refractivity contribution in [2.45, 2.75) is 20.8 Å². The molecule has 0 aromatic carbocycles. The zero-order valence-corrected chi connectivity index (χ0v) is 12.2. The number of nitrogens with zero attached hydrogens (tertiary/aromatic N) is 5. The summed E-state index contributed by atoms with van der Waals surface area (Å²) < 4.78 is 6.46. The minimum atomic E-state index is -0.218. The van der Waals surface area contributed by atoms with Crippen molar-refractivity contribution in [3.05, 3.63) is 18.1 Å². The molecule has 20 heavy (non-hydrogen) atoms. The van der Waals surface area contributed by atoms with Gasteiger partial charge in [-0.2, -0.15) is 14.6 Å². The molecule has 7 heteroatoms. The number of hydrogen-bond acceptors (Lipinski definition) is 6. The first-order chi connectivity index (χ1) is 9.56. The number of hydrogen-bond donors (Lipinski definition) is 0. The van der Waals surface area contributed by atoms with Gasteiger partial charge in [0.25, 0.3) is 5.78 Å². The van der Waals surface area contributed by atoms with Crippen LogP contribution in [-0.4, -0.2) is 45.8 Å². The molecule has 0 aliphatic carbocycles. The largest absolute Gasteiger partial charge is 0.469 e. The lowest BCUT2D eigenvalue weighted by atomic mass is 10.1. The summed E-state index contributed by atoms with van der Waals surface area (Å²) in [5.41, 5.74) is 0.865. The van der Waals surface area contributed by atoms with Crippen LogP contribution in [0.3, 0.4) is 0 Å². The van der Waals surface area contributed by atoms with Gasteiger partial charge in [0.15, 0.2) is 0 Å². The first-order valence-electron chi connectivity index (χ1n) is 6.57. The lowest BCUT2D eigenvalue weighted by molar-refractivity contribution is -0.144. The number of carbonyl (C=O) groups is 1. The molecule has 0 N–H and O–H groups in total. The summed E-state index contributed by atoms with van der Waals surface area (Å²) >= 11 is 0. The number of esters is 1. The fourth-order valence-corrected chi connectivity index (χ4v) is 2.13. The maximum atomic E-state index is 11.6. The quantitative estimate of drug-likeness (QED) is 0.761. The monoisotopic (exact) mass is 277 g/mol. The van der Waals surface area contributed by atoms with Gasteiger partial charge in [-0.15, -0.1) is 0 Å². The van der Waals surface area contributed by atoms with E-state index in [1.807, 2.05) is 26.8 Å². The second kappa shape index (κ2) is 5.85. The molecule has 0 aliphatic heterocycles. The van der Waals surface area contributed by atoms with Crippen LogP contribution in [0.2, 0.25) is 0 Å². The van der Waals surface area contributed by atoms with Crippen LogP contribution < -0.4 is 4.90 Å². The van der Waals surface area contributed by atoms with Gasteiger partial charge in [0.1, 0.15) is 12.1 Å². The highest BCUT2D eigenvalue weighted by atomic mass is 16.5. The first-order valence-corrected chi connectivity index (χ1v) is 6.57. The third-order valence-electron chi connectivity index (χ3n) is 3.16. The molecule has 2 aromatic rings. The molecule has 0 radical (unpaired) electrons. The number of aromatic nitrogens is 4. The second-order valence-electron chi connectivity index (χ2n) is 4.69. The van der Waals surface area contributed by atoms with Gasteiger partial charge in [-0.3, -0.25) is 4.79 Å². The van der Waals surface area contributed by atoms with Gasteiger partial charge in [-0.25, -0.2) is 4.98 Å². The third kappa shape index (κ3) is 2.71. The smallest absolute Gasteiger partial charge is 0.310 e. The van der Waals surface area contributed by atoms with E-state index < -0.39 is 0 Å². The van der Waals surface area contributed by atoms with Crippen molar-refractivity contribution < 1.29 is 9.53 Å². The molecule has 0 saturated heterocycles. The molecular formula is C13H19N5O2. The average molecular weight is 277 g/mol. The van der Waals surface area contributed by atoms with Crippen molar-refractivity contribution in [2.75, 3.05) is 25.1 Å². The van der Waals surface area contributed by atoms with Crippen LogP contribution >= 0.6 is 0 Å². The Morgan fingerprint density at radius 1 is 1.55 bits per heavy atom. The normalized spacial score (nSPS) is 12.4. The van der Waals surface area contributed by atoms with Gasteiger partial charge in [0.05, 0.1) is 13.0 Å². The maximum Gasteiger partial charge on any atom is 0.310 e. The lowest BCUT2D eigenvalue weighted by Gasteiger charge is -2.25. The standard InChI is InChI=1S/C13H19N5O2/c1-5-17(7-9(2)12(19)20-4)11-6-10(3)16-13-14-8-15-18(11)13/h6,8-9H,5,7H2,1-4H3. The van der Waals surface area contributed by atoms with E-state index in [1.54, 1.807) is 4.52 Å². The van der Waals surface area contributed by atoms with E-state index >= 15 is 0 Å². The Balaban J connectivity index is 2.34. The molecule has 2 aromatic heterocycles. The number of rotatable bonds is 5. The summed E-state index contributed by atoms with van der Waals surface area (Å²) in [5.74, 6) is 1.00. The van der Waals surface area contributed by atoms with E-state index in [4.69, 9.17) is 4.74 Å². The summed E-state index contributed by atoms with van der Waals surface area (Å²) in [7, 11) is 1.40. The molecule has 0 fully saturated rings. The van der Waals surface area contributed by atoms with Crippen LogP contribution in [0.15, 0.2) is 12.4 Å². The molecule has 0 bridgehead atoms. The van der Waals surface area contributed by atoms with E-state index in [9.17, 15) is 4.79 Å². The predicted octanol–water partition coefficient (Wildman–Crippen LogP) is 1.07. The molecule has 0 aliphatic rings. The van der Waals surface area contributed by atoms with Crippen LogP contribution in [0.5, 0.6) is 0 Å². The van der Waals surface area contributed by atoms with Crippen LogP contribution in [0.4, 0.5) is 5.82 Å². The molecule has 7 nitrogen and oxygen atoms in total. The van der Waals surface area contributed by atoms with E-state index in [0.717, 1.165) is 18.1 Å². The molecular weight excluding hydrogens is 258 g/mol. The highest BCUT2D eigenvalue weighted by molar-refractivity contribution is 5.72. The van der Waals surface area contributed by atoms with E-state index in [2.05, 4.69) is 20.0 Å². The number of carbonyl (C=O) groups excluding carboxylic acids is 1. The molecule has 1 unspecified atom stereocenters. The van der Waals surface area contributed by atoms with Gasteiger partial charge >= 0.3 is 5.97 Å². The topological polar surface area (TPSA) is 72.6 Å². The van der Waals surface area contributed by atoms with Gasteiger partial charge in [0.2, 0.25) is 0 Å².